The fourth-order valence-corrected chi connectivity index (χ4v) is 4.04. The SMILES string of the molecule is C[C@H](C(=O)N1CCC(C(N)=O)CC1)S(=O)(=O)c1ccccc1F. The number of benzene rings is 1. The van der Waals surface area contributed by atoms with Gasteiger partial charge in [-0.05, 0) is 31.9 Å². The molecule has 23 heavy (non-hydrogen) atoms. The number of primary amides is 1. The van der Waals surface area contributed by atoms with Gasteiger partial charge >= 0.3 is 0 Å². The molecule has 0 unspecified atom stereocenters. The Bertz CT molecular complexity index is 712. The average molecular weight is 342 g/mol. The van der Waals surface area contributed by atoms with Crippen molar-refractivity contribution >= 4 is 21.7 Å². The zero-order valence-electron chi connectivity index (χ0n) is 12.7. The van der Waals surface area contributed by atoms with Gasteiger partial charge in [0.2, 0.25) is 11.8 Å². The number of nitrogens with zero attached hydrogens (tertiary/aromatic N) is 1. The molecule has 1 atom stereocenters. The molecule has 0 spiro atoms. The van der Waals surface area contributed by atoms with Crippen LogP contribution in [0.1, 0.15) is 19.8 Å². The van der Waals surface area contributed by atoms with Crippen LogP contribution in [0.4, 0.5) is 4.39 Å². The highest BCUT2D eigenvalue weighted by Crippen LogP contribution is 2.23. The minimum Gasteiger partial charge on any atom is -0.369 e. The van der Waals surface area contributed by atoms with E-state index in [4.69, 9.17) is 5.73 Å². The summed E-state index contributed by atoms with van der Waals surface area (Å²) in [6, 6.07) is 4.98. The average Bonchev–Trinajstić information content (AvgIpc) is 2.53. The zero-order valence-corrected chi connectivity index (χ0v) is 13.6. The van der Waals surface area contributed by atoms with E-state index in [1.54, 1.807) is 0 Å². The van der Waals surface area contributed by atoms with Gasteiger partial charge in [-0.15, -0.1) is 0 Å². The van der Waals surface area contributed by atoms with Crippen LogP contribution in [0, 0.1) is 11.7 Å². The van der Waals surface area contributed by atoms with E-state index in [1.165, 1.54) is 24.0 Å². The molecule has 1 fully saturated rings. The van der Waals surface area contributed by atoms with E-state index in [0.717, 1.165) is 12.1 Å². The van der Waals surface area contributed by atoms with Crippen LogP contribution in [-0.4, -0.2) is 43.5 Å². The number of hydrogen-bond donors (Lipinski definition) is 1. The van der Waals surface area contributed by atoms with Crippen molar-refractivity contribution in [1.29, 1.82) is 0 Å². The summed E-state index contributed by atoms with van der Waals surface area (Å²) in [6.45, 7) is 1.79. The summed E-state index contributed by atoms with van der Waals surface area (Å²) in [6.07, 6.45) is 0.821. The maximum absolute atomic E-state index is 13.7. The van der Waals surface area contributed by atoms with Crippen LogP contribution < -0.4 is 5.73 Å². The largest absolute Gasteiger partial charge is 0.369 e. The monoisotopic (exact) mass is 342 g/mol. The smallest absolute Gasteiger partial charge is 0.241 e. The van der Waals surface area contributed by atoms with Crippen molar-refractivity contribution in [2.75, 3.05) is 13.1 Å². The lowest BCUT2D eigenvalue weighted by Crippen LogP contribution is -2.47. The van der Waals surface area contributed by atoms with Crippen LogP contribution in [0.15, 0.2) is 29.2 Å². The molecule has 1 aromatic carbocycles. The second-order valence-electron chi connectivity index (χ2n) is 5.62. The summed E-state index contributed by atoms with van der Waals surface area (Å²) < 4.78 is 38.6. The molecule has 2 amide bonds. The number of sulfone groups is 1. The molecule has 0 aliphatic carbocycles. The highest BCUT2D eigenvalue weighted by atomic mass is 32.2. The van der Waals surface area contributed by atoms with Crippen molar-refractivity contribution in [2.24, 2.45) is 11.7 Å². The van der Waals surface area contributed by atoms with Crippen LogP contribution in [0.2, 0.25) is 0 Å². The van der Waals surface area contributed by atoms with E-state index in [-0.39, 0.29) is 19.0 Å². The Labute approximate surface area is 134 Å². The Balaban J connectivity index is 2.14. The summed E-state index contributed by atoms with van der Waals surface area (Å²) in [5.41, 5.74) is 5.23. The van der Waals surface area contributed by atoms with Crippen LogP contribution in [0.5, 0.6) is 0 Å². The van der Waals surface area contributed by atoms with Gasteiger partial charge in [0.25, 0.3) is 0 Å². The maximum Gasteiger partial charge on any atom is 0.241 e. The molecule has 1 saturated heterocycles. The molecular formula is C15H19FN2O4S. The van der Waals surface area contributed by atoms with Crippen LogP contribution in [-0.2, 0) is 19.4 Å². The number of halogens is 1. The lowest BCUT2D eigenvalue weighted by molar-refractivity contribution is -0.134. The first-order chi connectivity index (χ1) is 10.7. The van der Waals surface area contributed by atoms with Crippen molar-refractivity contribution in [3.8, 4) is 0 Å². The predicted molar refractivity (Wildman–Crippen MR) is 81.5 cm³/mol. The molecule has 0 bridgehead atoms. The fourth-order valence-electron chi connectivity index (χ4n) is 2.64. The lowest BCUT2D eigenvalue weighted by Gasteiger charge is -2.32. The topological polar surface area (TPSA) is 97.5 Å². The van der Waals surface area contributed by atoms with Crippen LogP contribution in [0.3, 0.4) is 0 Å². The Morgan fingerprint density at radius 2 is 1.83 bits per heavy atom. The van der Waals surface area contributed by atoms with Gasteiger partial charge in [-0.25, -0.2) is 12.8 Å². The summed E-state index contributed by atoms with van der Waals surface area (Å²) in [5.74, 6) is -2.17. The second kappa shape index (κ2) is 6.66. The third-order valence-corrected chi connectivity index (χ3v) is 6.24. The van der Waals surface area contributed by atoms with E-state index in [0.29, 0.717) is 12.8 Å². The normalized spacial score (nSPS) is 17.7. The molecule has 1 aliphatic heterocycles. The Kier molecular flexibility index (Phi) is 5.03. The first kappa shape index (κ1) is 17.4. The van der Waals surface area contributed by atoms with Gasteiger partial charge in [-0.2, -0.15) is 0 Å². The number of amides is 2. The summed E-state index contributed by atoms with van der Waals surface area (Å²) >= 11 is 0. The fraction of sp³-hybridized carbons (Fsp3) is 0.467. The molecule has 1 heterocycles. The third-order valence-electron chi connectivity index (χ3n) is 4.17. The minimum atomic E-state index is -4.11. The first-order valence-corrected chi connectivity index (χ1v) is 8.86. The van der Waals surface area contributed by atoms with E-state index >= 15 is 0 Å². The molecule has 0 radical (unpaired) electrons. The highest BCUT2D eigenvalue weighted by Gasteiger charge is 2.36. The summed E-state index contributed by atoms with van der Waals surface area (Å²) in [5, 5.41) is -1.38. The van der Waals surface area contributed by atoms with Crippen molar-refractivity contribution in [3.05, 3.63) is 30.1 Å². The molecule has 0 aromatic heterocycles. The van der Waals surface area contributed by atoms with Crippen molar-refractivity contribution < 1.29 is 22.4 Å². The second-order valence-corrected chi connectivity index (χ2v) is 7.86. The number of nitrogens with two attached hydrogens (primary N) is 1. The van der Waals surface area contributed by atoms with Gasteiger partial charge in [-0.1, -0.05) is 12.1 Å². The number of carbonyl (C=O) groups excluding carboxylic acids is 2. The lowest BCUT2D eigenvalue weighted by atomic mass is 9.96. The first-order valence-electron chi connectivity index (χ1n) is 7.31. The van der Waals surface area contributed by atoms with Crippen LogP contribution >= 0.6 is 0 Å². The number of carbonyl (C=O) groups is 2. The summed E-state index contributed by atoms with van der Waals surface area (Å²) in [4.78, 5) is 24.5. The highest BCUT2D eigenvalue weighted by molar-refractivity contribution is 7.92. The van der Waals surface area contributed by atoms with E-state index in [1.807, 2.05) is 0 Å². The van der Waals surface area contributed by atoms with E-state index in [9.17, 15) is 22.4 Å². The number of likely N-dealkylation sites (tertiary alicyclic amines) is 1. The quantitative estimate of drug-likeness (QED) is 0.871. The van der Waals surface area contributed by atoms with Crippen molar-refractivity contribution in [1.82, 2.24) is 4.90 Å². The predicted octanol–water partition coefficient (Wildman–Crippen LogP) is 0.712. The van der Waals surface area contributed by atoms with Gasteiger partial charge in [0, 0.05) is 19.0 Å². The van der Waals surface area contributed by atoms with Crippen molar-refractivity contribution in [2.45, 2.75) is 29.9 Å². The van der Waals surface area contributed by atoms with Gasteiger partial charge in [-0.3, -0.25) is 9.59 Å². The molecule has 6 nitrogen and oxygen atoms in total. The molecule has 2 N–H and O–H groups in total. The number of hydrogen-bond acceptors (Lipinski definition) is 4. The van der Waals surface area contributed by atoms with Gasteiger partial charge in [0.15, 0.2) is 9.84 Å². The Morgan fingerprint density at radius 1 is 1.26 bits per heavy atom. The van der Waals surface area contributed by atoms with Crippen LogP contribution in [0.25, 0.3) is 0 Å². The Hall–Kier alpha value is -1.96. The zero-order chi connectivity index (χ0) is 17.2. The van der Waals surface area contributed by atoms with Crippen molar-refractivity contribution in [3.63, 3.8) is 0 Å². The Morgan fingerprint density at radius 3 is 2.35 bits per heavy atom. The maximum atomic E-state index is 13.7. The molecule has 1 aromatic rings. The molecule has 126 valence electrons. The molecular weight excluding hydrogens is 323 g/mol. The minimum absolute atomic E-state index is 0.267. The standard InChI is InChI=1S/C15H19FN2O4S/c1-10(23(21,22)13-5-3-2-4-12(13)16)15(20)18-8-6-11(7-9-18)14(17)19/h2-5,10-11H,6-9H2,1H3,(H2,17,19)/t10-/m1/s1. The summed E-state index contributed by atoms with van der Waals surface area (Å²) in [7, 11) is -4.11. The molecule has 2 rings (SSSR count). The van der Waals surface area contributed by atoms with Gasteiger partial charge in [0.1, 0.15) is 16.0 Å². The number of piperidine rings is 1. The molecule has 1 aliphatic rings. The number of rotatable bonds is 4. The third kappa shape index (κ3) is 3.52. The van der Waals surface area contributed by atoms with Gasteiger partial charge in [0.05, 0.1) is 0 Å². The molecule has 8 heteroatoms. The van der Waals surface area contributed by atoms with E-state index < -0.39 is 37.6 Å². The molecule has 0 saturated carbocycles. The van der Waals surface area contributed by atoms with Gasteiger partial charge < -0.3 is 10.6 Å². The van der Waals surface area contributed by atoms with E-state index in [2.05, 4.69) is 0 Å².